The highest BCUT2D eigenvalue weighted by atomic mass is 15.1. The summed E-state index contributed by atoms with van der Waals surface area (Å²) in [5.74, 6) is 0. The monoisotopic (exact) mass is 924 g/mol. The predicted octanol–water partition coefficient (Wildman–Crippen LogP) is 19.2. The molecule has 0 aromatic heterocycles. The van der Waals surface area contributed by atoms with Gasteiger partial charge in [0.15, 0.2) is 0 Å². The van der Waals surface area contributed by atoms with E-state index in [1.807, 2.05) is 0 Å². The van der Waals surface area contributed by atoms with Crippen molar-refractivity contribution in [3.05, 3.63) is 336 Å². The van der Waals surface area contributed by atoms with E-state index in [0.29, 0.717) is 0 Å². The van der Waals surface area contributed by atoms with Crippen molar-refractivity contribution in [1.82, 2.24) is 0 Å². The molecule has 0 aliphatic heterocycles. The lowest BCUT2D eigenvalue weighted by atomic mass is 9.97. The Balaban J connectivity index is 0.884. The van der Waals surface area contributed by atoms with Crippen LogP contribution in [0, 0.1) is 13.8 Å². The van der Waals surface area contributed by atoms with Crippen LogP contribution in [0.3, 0.4) is 0 Å². The summed E-state index contributed by atoms with van der Waals surface area (Å²) in [4.78, 5) is 4.65. The van der Waals surface area contributed by atoms with Crippen LogP contribution in [0.4, 0.5) is 34.1 Å². The van der Waals surface area contributed by atoms with Crippen LogP contribution in [0.1, 0.15) is 44.5 Å². The maximum Gasteiger partial charge on any atom is 0.0462 e. The van der Waals surface area contributed by atoms with E-state index in [1.165, 1.54) is 44.5 Å². The second-order valence-electron chi connectivity index (χ2n) is 18.0. The van der Waals surface area contributed by atoms with E-state index in [1.54, 1.807) is 0 Å². The highest BCUT2D eigenvalue weighted by Gasteiger charge is 2.15. The molecule has 10 aromatic carbocycles. The van der Waals surface area contributed by atoms with Gasteiger partial charge in [0.05, 0.1) is 0 Å². The van der Waals surface area contributed by atoms with Crippen molar-refractivity contribution in [3.8, 4) is 11.1 Å². The fourth-order valence-electron chi connectivity index (χ4n) is 9.06. The molecule has 0 atom stereocenters. The molecule has 0 spiro atoms. The molecule has 0 aliphatic carbocycles. The van der Waals surface area contributed by atoms with E-state index in [9.17, 15) is 0 Å². The van der Waals surface area contributed by atoms with Gasteiger partial charge in [-0.25, -0.2) is 0 Å². The first-order valence-electron chi connectivity index (χ1n) is 24.7. The van der Waals surface area contributed by atoms with Crippen LogP contribution in [-0.2, 0) is 0 Å². The number of anilines is 6. The van der Waals surface area contributed by atoms with Gasteiger partial charge in [0.1, 0.15) is 0 Å². The molecule has 10 aromatic rings. The number of nitrogens with zero attached hydrogens (tertiary/aromatic N) is 2. The zero-order valence-electron chi connectivity index (χ0n) is 40.8. The minimum Gasteiger partial charge on any atom is -0.311 e. The predicted molar refractivity (Wildman–Crippen MR) is 309 cm³/mol. The van der Waals surface area contributed by atoms with Crippen molar-refractivity contribution in [1.29, 1.82) is 0 Å². The van der Waals surface area contributed by atoms with E-state index in [2.05, 4.69) is 327 Å². The van der Waals surface area contributed by atoms with Crippen LogP contribution in [0.25, 0.3) is 34.4 Å². The average molecular weight is 925 g/mol. The number of hydrogen-bond acceptors (Lipinski definition) is 2. The Morgan fingerprint density at radius 1 is 0.264 bits per heavy atom. The van der Waals surface area contributed by atoms with Gasteiger partial charge in [0.25, 0.3) is 0 Å². The van der Waals surface area contributed by atoms with Crippen LogP contribution in [-0.4, -0.2) is 0 Å². The summed E-state index contributed by atoms with van der Waals surface area (Å²) < 4.78 is 0. The maximum absolute atomic E-state index is 2.33. The number of rotatable bonds is 15. The van der Waals surface area contributed by atoms with Gasteiger partial charge in [-0.1, -0.05) is 242 Å². The quantitative estimate of drug-likeness (QED) is 0.0946. The molecule has 0 bridgehead atoms. The molecular formula is C70H56N2. The molecular weight excluding hydrogens is 869 g/mol. The molecule has 346 valence electrons. The maximum atomic E-state index is 2.33. The molecule has 0 saturated heterocycles. The van der Waals surface area contributed by atoms with E-state index in [4.69, 9.17) is 0 Å². The van der Waals surface area contributed by atoms with E-state index in [-0.39, 0.29) is 0 Å². The molecule has 0 fully saturated rings. The molecule has 10 rings (SSSR count). The third-order valence-corrected chi connectivity index (χ3v) is 12.9. The van der Waals surface area contributed by atoms with Crippen LogP contribution < -0.4 is 9.80 Å². The summed E-state index contributed by atoms with van der Waals surface area (Å²) in [6.07, 6.45) is 13.1. The van der Waals surface area contributed by atoms with Gasteiger partial charge < -0.3 is 9.80 Å². The zero-order valence-corrected chi connectivity index (χ0v) is 40.8. The summed E-state index contributed by atoms with van der Waals surface area (Å²) in [5.41, 5.74) is 20.8. The van der Waals surface area contributed by atoms with Gasteiger partial charge in [-0.15, -0.1) is 0 Å². The van der Waals surface area contributed by atoms with Crippen molar-refractivity contribution >= 4 is 57.4 Å². The second kappa shape index (κ2) is 22.5. The number of hydrogen-bond donors (Lipinski definition) is 0. The Morgan fingerprint density at radius 3 is 0.764 bits per heavy atom. The molecule has 0 unspecified atom stereocenters. The first kappa shape index (κ1) is 46.5. The van der Waals surface area contributed by atoms with Crippen molar-refractivity contribution in [2.45, 2.75) is 13.8 Å². The summed E-state index contributed by atoms with van der Waals surface area (Å²) in [6.45, 7) is 4.26. The average Bonchev–Trinajstić information content (AvgIpc) is 3.44. The number of allylic oxidation sites excluding steroid dienone is 4. The summed E-state index contributed by atoms with van der Waals surface area (Å²) >= 11 is 0. The van der Waals surface area contributed by atoms with Crippen molar-refractivity contribution in [3.63, 3.8) is 0 Å². The summed E-state index contributed by atoms with van der Waals surface area (Å²) in [7, 11) is 0. The highest BCUT2D eigenvalue weighted by molar-refractivity contribution is 5.84. The van der Waals surface area contributed by atoms with Crippen molar-refractivity contribution in [2.75, 3.05) is 9.80 Å². The third kappa shape index (κ3) is 11.3. The first-order chi connectivity index (χ1) is 35.5. The minimum absolute atomic E-state index is 1.09. The summed E-state index contributed by atoms with van der Waals surface area (Å²) in [5, 5.41) is 0. The molecule has 0 N–H and O–H groups in total. The Hall–Kier alpha value is -9.24. The van der Waals surface area contributed by atoms with Gasteiger partial charge >= 0.3 is 0 Å². The van der Waals surface area contributed by atoms with Crippen LogP contribution in [0.5, 0.6) is 0 Å². The zero-order chi connectivity index (χ0) is 48.9. The van der Waals surface area contributed by atoms with E-state index in [0.717, 1.165) is 56.4 Å². The number of aryl methyl sites for hydroxylation is 2. The molecule has 0 heterocycles. The fraction of sp³-hybridized carbons (Fsp3) is 0.0286. The Bertz CT molecular complexity index is 3110. The normalized spacial score (nSPS) is 11.1. The molecule has 0 radical (unpaired) electrons. The highest BCUT2D eigenvalue weighted by Crippen LogP contribution is 2.39. The molecule has 0 amide bonds. The van der Waals surface area contributed by atoms with Crippen molar-refractivity contribution < 1.29 is 0 Å². The largest absolute Gasteiger partial charge is 0.311 e. The van der Waals surface area contributed by atoms with E-state index >= 15 is 0 Å². The van der Waals surface area contributed by atoms with Gasteiger partial charge in [-0.3, -0.25) is 0 Å². The molecule has 0 saturated carbocycles. The Kier molecular flexibility index (Phi) is 14.5. The molecule has 2 nitrogen and oxygen atoms in total. The van der Waals surface area contributed by atoms with Crippen LogP contribution in [0.2, 0.25) is 0 Å². The lowest BCUT2D eigenvalue weighted by molar-refractivity contribution is 1.27. The number of benzene rings is 10. The third-order valence-electron chi connectivity index (χ3n) is 12.9. The Morgan fingerprint density at radius 2 is 0.500 bits per heavy atom. The van der Waals surface area contributed by atoms with Crippen molar-refractivity contribution in [2.24, 2.45) is 0 Å². The molecule has 2 heteroatoms. The first-order valence-corrected chi connectivity index (χ1v) is 24.7. The summed E-state index contributed by atoms with van der Waals surface area (Å²) in [6, 6.07) is 95.3. The van der Waals surface area contributed by atoms with Crippen LogP contribution in [0.15, 0.2) is 291 Å². The van der Waals surface area contributed by atoms with Gasteiger partial charge in [0.2, 0.25) is 0 Å². The topological polar surface area (TPSA) is 6.48 Å². The van der Waals surface area contributed by atoms with E-state index < -0.39 is 0 Å². The SMILES string of the molecule is Cc1ccc(N(c2ccc(C=CC=C(c3ccccc3)c3ccccc3)cc2)c2ccc(-c3ccc(N(c4ccc(C)cc4)c4ccc(C=CC=C(c5ccccc5)c5ccccc5)cc4)cc3)cc2)cc1. The van der Waals surface area contributed by atoms with Crippen LogP contribution >= 0.6 is 0 Å². The lowest BCUT2D eigenvalue weighted by Crippen LogP contribution is -2.10. The second-order valence-corrected chi connectivity index (χ2v) is 18.0. The molecule has 0 aliphatic rings. The standard InChI is InChI=1S/C70H56N2/c1-53-29-41-63(42-30-53)71(65-45-33-55(34-46-65)17-15-27-69(59-19-7-3-8-20-59)60-21-9-4-10-22-60)67-49-37-57(38-50-67)58-39-51-68(52-40-58)72(64-43-31-54(2)32-44-64)66-47-35-56(36-48-66)18-16-28-70(61-23-11-5-12-24-61)62-25-13-6-14-26-62/h3-52H,1-2H3. The van der Waals surface area contributed by atoms with Gasteiger partial charge in [0, 0.05) is 34.1 Å². The molecule has 72 heavy (non-hydrogen) atoms. The Labute approximate surface area is 425 Å². The minimum atomic E-state index is 1.09. The lowest BCUT2D eigenvalue weighted by Gasteiger charge is -2.26. The fourth-order valence-corrected chi connectivity index (χ4v) is 9.06. The van der Waals surface area contributed by atoms with Gasteiger partial charge in [-0.05, 0) is 142 Å². The smallest absolute Gasteiger partial charge is 0.0462 e. The van der Waals surface area contributed by atoms with Gasteiger partial charge in [-0.2, -0.15) is 0 Å².